The molecule has 1 atom stereocenters. The Labute approximate surface area is 100 Å². The van der Waals surface area contributed by atoms with E-state index < -0.39 is 8.07 Å². The molecule has 2 heteroatoms. The van der Waals surface area contributed by atoms with E-state index in [0.717, 1.165) is 12.3 Å². The molecule has 0 aromatic carbocycles. The van der Waals surface area contributed by atoms with Crippen molar-refractivity contribution in [3.05, 3.63) is 11.3 Å². The number of carbonyl (C=O) groups is 1. The van der Waals surface area contributed by atoms with Gasteiger partial charge in [-0.25, -0.2) is 0 Å². The molecule has 0 amide bonds. The van der Waals surface area contributed by atoms with Crippen LogP contribution < -0.4 is 0 Å². The van der Waals surface area contributed by atoms with Crippen LogP contribution in [-0.4, -0.2) is 13.9 Å². The fraction of sp³-hybridized carbons (Fsp3) is 0.786. The largest absolute Gasteiger partial charge is 0.299 e. The van der Waals surface area contributed by atoms with E-state index in [1.807, 2.05) is 0 Å². The maximum atomic E-state index is 12.0. The second-order valence-electron chi connectivity index (χ2n) is 6.74. The monoisotopic (exact) mass is 236 g/mol. The highest BCUT2D eigenvalue weighted by atomic mass is 28.3. The Bertz CT molecular complexity index is 318. The minimum atomic E-state index is -1.12. The molecule has 3 saturated carbocycles. The summed E-state index contributed by atoms with van der Waals surface area (Å²) in [5, 5.41) is 1.56. The van der Waals surface area contributed by atoms with E-state index in [2.05, 4.69) is 32.6 Å². The van der Waals surface area contributed by atoms with Crippen LogP contribution in [-0.2, 0) is 4.79 Å². The first-order valence-electron chi connectivity index (χ1n) is 6.59. The molecular weight excluding hydrogens is 212 g/mol. The summed E-state index contributed by atoms with van der Waals surface area (Å²) in [6, 6.07) is 0. The Morgan fingerprint density at radius 2 is 1.94 bits per heavy atom. The summed E-state index contributed by atoms with van der Waals surface area (Å²) in [5.74, 6) is 2.27. The van der Waals surface area contributed by atoms with Gasteiger partial charge in [-0.1, -0.05) is 30.9 Å². The van der Waals surface area contributed by atoms with E-state index in [-0.39, 0.29) is 0 Å². The van der Waals surface area contributed by atoms with Crippen LogP contribution in [0.4, 0.5) is 0 Å². The highest BCUT2D eigenvalue weighted by Crippen LogP contribution is 2.46. The van der Waals surface area contributed by atoms with Gasteiger partial charge in [-0.05, 0) is 38.5 Å². The molecule has 2 bridgehead atoms. The van der Waals surface area contributed by atoms with Crippen LogP contribution in [0.3, 0.4) is 0 Å². The summed E-state index contributed by atoms with van der Waals surface area (Å²) >= 11 is 0. The molecule has 0 spiro atoms. The number of Topliss-reactive ketones (excluding diaryl/α,β-unsaturated/α-hetero) is 1. The molecule has 3 rings (SSSR count). The van der Waals surface area contributed by atoms with Crippen LogP contribution in [0.25, 0.3) is 0 Å². The van der Waals surface area contributed by atoms with Crippen molar-refractivity contribution in [3.63, 3.8) is 0 Å². The van der Waals surface area contributed by atoms with Gasteiger partial charge in [-0.2, -0.15) is 0 Å². The van der Waals surface area contributed by atoms with Gasteiger partial charge in [0.1, 0.15) is 5.78 Å². The van der Waals surface area contributed by atoms with E-state index in [9.17, 15) is 4.79 Å². The zero-order valence-electron chi connectivity index (χ0n) is 11.0. The highest BCUT2D eigenvalue weighted by Gasteiger charge is 2.44. The number of allylic oxidation sites excluding steroid dienone is 2. The summed E-state index contributed by atoms with van der Waals surface area (Å²) in [5.41, 5.74) is 0. The van der Waals surface area contributed by atoms with Crippen LogP contribution in [0.1, 0.15) is 32.6 Å². The Hall–Kier alpha value is -0.373. The lowest BCUT2D eigenvalue weighted by molar-refractivity contribution is -0.137. The number of rotatable bonds is 3. The lowest BCUT2D eigenvalue weighted by Gasteiger charge is -2.43. The summed E-state index contributed by atoms with van der Waals surface area (Å²) in [4.78, 5) is 12.0. The maximum absolute atomic E-state index is 12.0. The van der Waals surface area contributed by atoms with Crippen molar-refractivity contribution in [3.8, 4) is 0 Å². The second kappa shape index (κ2) is 4.14. The standard InChI is InChI=1S/C14H24OSi/c1-10(16(2,3)4)5-6-12-7-11-8-13(9-11)14(12)15/h5,11-13H,6-9H2,1-4H3/b10-5+. The predicted molar refractivity (Wildman–Crippen MR) is 71.0 cm³/mol. The quantitative estimate of drug-likeness (QED) is 0.681. The zero-order chi connectivity index (χ0) is 11.9. The minimum absolute atomic E-state index is 0.365. The van der Waals surface area contributed by atoms with Crippen LogP contribution in [0.2, 0.25) is 19.6 Å². The normalized spacial score (nSPS) is 34.9. The van der Waals surface area contributed by atoms with E-state index in [1.54, 1.807) is 5.20 Å². The first-order valence-corrected chi connectivity index (χ1v) is 10.1. The molecule has 0 radical (unpaired) electrons. The molecule has 1 nitrogen and oxygen atoms in total. The number of ketones is 1. The average molecular weight is 236 g/mol. The Balaban J connectivity index is 1.93. The molecule has 0 saturated heterocycles. The number of hydrogen-bond acceptors (Lipinski definition) is 1. The molecule has 16 heavy (non-hydrogen) atoms. The summed E-state index contributed by atoms with van der Waals surface area (Å²) in [7, 11) is -1.12. The van der Waals surface area contributed by atoms with Crippen LogP contribution in [0.5, 0.6) is 0 Å². The van der Waals surface area contributed by atoms with Crippen molar-refractivity contribution in [2.24, 2.45) is 17.8 Å². The minimum Gasteiger partial charge on any atom is -0.299 e. The molecule has 3 fully saturated rings. The topological polar surface area (TPSA) is 17.1 Å². The lowest BCUT2D eigenvalue weighted by Crippen LogP contribution is -2.42. The zero-order valence-corrected chi connectivity index (χ0v) is 12.0. The fourth-order valence-electron chi connectivity index (χ4n) is 2.85. The molecule has 3 aliphatic carbocycles. The van der Waals surface area contributed by atoms with Gasteiger partial charge in [0.15, 0.2) is 0 Å². The summed E-state index contributed by atoms with van der Waals surface area (Å²) in [6.45, 7) is 9.37. The van der Waals surface area contributed by atoms with Gasteiger partial charge in [0, 0.05) is 11.8 Å². The van der Waals surface area contributed by atoms with Crippen molar-refractivity contribution >= 4 is 13.9 Å². The SMILES string of the molecule is C/C(=C\CC1CC2CC(C2)C1=O)[Si](C)(C)C. The van der Waals surface area contributed by atoms with Gasteiger partial charge in [-0.3, -0.25) is 4.79 Å². The van der Waals surface area contributed by atoms with E-state index in [0.29, 0.717) is 17.6 Å². The number of fused-ring (bicyclic) bond motifs is 2. The Kier molecular flexibility index (Phi) is 3.13. The molecule has 3 aliphatic rings. The van der Waals surface area contributed by atoms with Gasteiger partial charge in [0.2, 0.25) is 0 Å². The fourth-order valence-corrected chi connectivity index (χ4v) is 3.58. The Morgan fingerprint density at radius 3 is 2.44 bits per heavy atom. The smallest absolute Gasteiger partial charge is 0.139 e. The van der Waals surface area contributed by atoms with E-state index >= 15 is 0 Å². The highest BCUT2D eigenvalue weighted by molar-refractivity contribution is 6.82. The molecule has 0 N–H and O–H groups in total. The third-order valence-corrected chi connectivity index (χ3v) is 7.12. The van der Waals surface area contributed by atoms with Crippen molar-refractivity contribution in [2.75, 3.05) is 0 Å². The Morgan fingerprint density at radius 1 is 1.31 bits per heavy atom. The third-order valence-electron chi connectivity index (χ3n) is 4.55. The van der Waals surface area contributed by atoms with Gasteiger partial charge >= 0.3 is 0 Å². The summed E-state index contributed by atoms with van der Waals surface area (Å²) < 4.78 is 0. The van der Waals surface area contributed by atoms with Gasteiger partial charge < -0.3 is 0 Å². The van der Waals surface area contributed by atoms with Crippen LogP contribution >= 0.6 is 0 Å². The van der Waals surface area contributed by atoms with Gasteiger partial charge in [0.25, 0.3) is 0 Å². The third kappa shape index (κ3) is 2.32. The van der Waals surface area contributed by atoms with Gasteiger partial charge in [-0.15, -0.1) is 0 Å². The molecular formula is C14H24OSi. The molecule has 1 unspecified atom stereocenters. The molecule has 0 aromatic heterocycles. The van der Waals surface area contributed by atoms with E-state index in [1.165, 1.54) is 19.3 Å². The van der Waals surface area contributed by atoms with E-state index in [4.69, 9.17) is 0 Å². The van der Waals surface area contributed by atoms with Crippen molar-refractivity contribution in [1.29, 1.82) is 0 Å². The molecule has 0 aliphatic heterocycles. The van der Waals surface area contributed by atoms with Crippen molar-refractivity contribution in [2.45, 2.75) is 52.2 Å². The van der Waals surface area contributed by atoms with Crippen LogP contribution in [0.15, 0.2) is 11.3 Å². The first-order chi connectivity index (χ1) is 7.38. The molecule has 0 heterocycles. The molecule has 0 aromatic rings. The summed E-state index contributed by atoms with van der Waals surface area (Å²) in [6.07, 6.45) is 6.95. The van der Waals surface area contributed by atoms with Crippen LogP contribution in [0, 0.1) is 17.8 Å². The predicted octanol–water partition coefficient (Wildman–Crippen LogP) is 3.82. The maximum Gasteiger partial charge on any atom is 0.139 e. The first kappa shape index (κ1) is 12.1. The van der Waals surface area contributed by atoms with Gasteiger partial charge in [0.05, 0.1) is 8.07 Å². The lowest BCUT2D eigenvalue weighted by atomic mass is 9.60. The van der Waals surface area contributed by atoms with Crippen molar-refractivity contribution < 1.29 is 4.79 Å². The van der Waals surface area contributed by atoms with Crippen molar-refractivity contribution in [1.82, 2.24) is 0 Å². The molecule has 90 valence electrons. The number of carbonyl (C=O) groups excluding carboxylic acids is 1. The average Bonchev–Trinajstić information content (AvgIpc) is 2.12. The second-order valence-corrected chi connectivity index (χ2v) is 12.0. The number of hydrogen-bond donors (Lipinski definition) is 0.